The molecule has 2 N–H and O–H groups in total. The molecule has 1 amide bonds. The van der Waals surface area contributed by atoms with Crippen LogP contribution in [0.3, 0.4) is 0 Å². The molecule has 110 valence electrons. The second-order valence-electron chi connectivity index (χ2n) is 4.03. The third kappa shape index (κ3) is 6.31. The van der Waals surface area contributed by atoms with E-state index in [1.165, 1.54) is 0 Å². The molecule has 0 saturated carbocycles. The summed E-state index contributed by atoms with van der Waals surface area (Å²) in [5.74, 6) is -1.26. The zero-order chi connectivity index (χ0) is 14.8. The number of hydrogen-bond acceptors (Lipinski definition) is 4. The number of aliphatic carboxylic acids is 1. The summed E-state index contributed by atoms with van der Waals surface area (Å²) in [5.41, 5.74) is 1.05. The molecule has 0 aromatic heterocycles. The van der Waals surface area contributed by atoms with Crippen molar-refractivity contribution in [1.82, 2.24) is 0 Å². The van der Waals surface area contributed by atoms with Crippen LogP contribution in [0.2, 0.25) is 0 Å². The molecule has 0 radical (unpaired) electrons. The van der Waals surface area contributed by atoms with E-state index in [9.17, 15) is 9.59 Å². The largest absolute Gasteiger partial charge is 0.481 e. The Hall–Kier alpha value is -1.92. The highest BCUT2D eigenvalue weighted by Gasteiger charge is 2.09. The van der Waals surface area contributed by atoms with Crippen molar-refractivity contribution in [2.45, 2.75) is 13.3 Å². The Labute approximate surface area is 117 Å². The van der Waals surface area contributed by atoms with Gasteiger partial charge in [-0.3, -0.25) is 9.59 Å². The topological polar surface area (TPSA) is 84.9 Å². The number of ether oxygens (including phenoxy) is 2. The van der Waals surface area contributed by atoms with Gasteiger partial charge in [-0.2, -0.15) is 0 Å². The summed E-state index contributed by atoms with van der Waals surface area (Å²) in [7, 11) is 0. The van der Waals surface area contributed by atoms with Crippen molar-refractivity contribution in [3.05, 3.63) is 29.8 Å². The SMILES string of the molecule is CCOCCOCC(=O)Nc1ccccc1CC(=O)O. The molecule has 1 rings (SSSR count). The van der Waals surface area contributed by atoms with Crippen molar-refractivity contribution in [1.29, 1.82) is 0 Å². The molecule has 1 aromatic carbocycles. The van der Waals surface area contributed by atoms with Crippen LogP contribution in [0.15, 0.2) is 24.3 Å². The predicted molar refractivity (Wildman–Crippen MR) is 73.7 cm³/mol. The van der Waals surface area contributed by atoms with Gasteiger partial charge in [0.05, 0.1) is 19.6 Å². The van der Waals surface area contributed by atoms with Gasteiger partial charge in [-0.05, 0) is 18.6 Å². The van der Waals surface area contributed by atoms with Gasteiger partial charge in [0.25, 0.3) is 0 Å². The number of anilines is 1. The fraction of sp³-hybridized carbons (Fsp3) is 0.429. The number of para-hydroxylation sites is 1. The molecular formula is C14H19NO5. The van der Waals surface area contributed by atoms with Gasteiger partial charge >= 0.3 is 5.97 Å². The van der Waals surface area contributed by atoms with Crippen LogP contribution in [-0.2, 0) is 25.5 Å². The van der Waals surface area contributed by atoms with Gasteiger partial charge in [0.15, 0.2) is 0 Å². The average molecular weight is 281 g/mol. The highest BCUT2D eigenvalue weighted by molar-refractivity contribution is 5.93. The molecular weight excluding hydrogens is 262 g/mol. The predicted octanol–water partition coefficient (Wildman–Crippen LogP) is 1.31. The molecule has 20 heavy (non-hydrogen) atoms. The zero-order valence-electron chi connectivity index (χ0n) is 11.4. The summed E-state index contributed by atoms with van der Waals surface area (Å²) in [6.07, 6.45) is -0.137. The monoisotopic (exact) mass is 281 g/mol. The van der Waals surface area contributed by atoms with Crippen LogP contribution in [-0.4, -0.2) is 43.4 Å². The lowest BCUT2D eigenvalue weighted by molar-refractivity contribution is -0.136. The summed E-state index contributed by atoms with van der Waals surface area (Å²) in [6.45, 7) is 3.19. The van der Waals surface area contributed by atoms with Gasteiger partial charge in [-0.15, -0.1) is 0 Å². The molecule has 6 heteroatoms. The van der Waals surface area contributed by atoms with Gasteiger partial charge in [-0.25, -0.2) is 0 Å². The summed E-state index contributed by atoms with van der Waals surface area (Å²) in [5, 5.41) is 11.4. The quantitative estimate of drug-likeness (QED) is 0.667. The van der Waals surface area contributed by atoms with Crippen molar-refractivity contribution < 1.29 is 24.2 Å². The molecule has 1 aromatic rings. The standard InChI is InChI=1S/C14H19NO5/c1-2-19-7-8-20-10-13(16)15-12-6-4-3-5-11(12)9-14(17)18/h3-6H,2,7-10H2,1H3,(H,15,16)(H,17,18). The Morgan fingerprint density at radius 1 is 1.20 bits per heavy atom. The normalized spacial score (nSPS) is 10.2. The molecule has 0 fully saturated rings. The molecule has 0 bridgehead atoms. The Kier molecular flexibility index (Phi) is 7.31. The minimum Gasteiger partial charge on any atom is -0.481 e. The Morgan fingerprint density at radius 2 is 1.90 bits per heavy atom. The number of amides is 1. The fourth-order valence-electron chi connectivity index (χ4n) is 1.57. The zero-order valence-corrected chi connectivity index (χ0v) is 11.4. The summed E-state index contributed by atoms with van der Waals surface area (Å²) < 4.78 is 10.2. The van der Waals surface area contributed by atoms with Gasteiger partial charge < -0.3 is 19.9 Å². The van der Waals surface area contributed by atoms with Crippen molar-refractivity contribution in [3.63, 3.8) is 0 Å². The number of carboxylic acids is 1. The first kappa shape index (κ1) is 16.1. The summed E-state index contributed by atoms with van der Waals surface area (Å²) in [4.78, 5) is 22.4. The van der Waals surface area contributed by atoms with E-state index in [0.717, 1.165) is 0 Å². The minimum atomic E-state index is -0.945. The van der Waals surface area contributed by atoms with Gasteiger partial charge in [0.1, 0.15) is 6.61 Å². The number of carboxylic acid groups (broad SMARTS) is 1. The number of carbonyl (C=O) groups excluding carboxylic acids is 1. The molecule has 6 nitrogen and oxygen atoms in total. The number of rotatable bonds is 9. The van der Waals surface area contributed by atoms with Gasteiger partial charge in [0.2, 0.25) is 5.91 Å². The van der Waals surface area contributed by atoms with Gasteiger partial charge in [-0.1, -0.05) is 18.2 Å². The first-order valence-corrected chi connectivity index (χ1v) is 6.38. The van der Waals surface area contributed by atoms with Gasteiger partial charge in [0, 0.05) is 12.3 Å². The van der Waals surface area contributed by atoms with E-state index >= 15 is 0 Å². The lowest BCUT2D eigenvalue weighted by atomic mass is 10.1. The molecule has 0 atom stereocenters. The van der Waals surface area contributed by atoms with Crippen LogP contribution < -0.4 is 5.32 Å². The molecule has 0 aliphatic heterocycles. The molecule has 0 saturated heterocycles. The van der Waals surface area contributed by atoms with E-state index in [-0.39, 0.29) is 18.9 Å². The van der Waals surface area contributed by atoms with Crippen molar-refractivity contribution in [2.24, 2.45) is 0 Å². The van der Waals surface area contributed by atoms with Crippen LogP contribution in [0.4, 0.5) is 5.69 Å². The van der Waals surface area contributed by atoms with Crippen LogP contribution in [0.5, 0.6) is 0 Å². The van der Waals surface area contributed by atoms with E-state index in [4.69, 9.17) is 14.6 Å². The Balaban J connectivity index is 2.43. The first-order chi connectivity index (χ1) is 9.63. The van der Waals surface area contributed by atoms with Crippen molar-refractivity contribution >= 4 is 17.6 Å². The number of nitrogens with one attached hydrogen (secondary N) is 1. The average Bonchev–Trinajstić information content (AvgIpc) is 2.40. The van der Waals surface area contributed by atoms with E-state index in [2.05, 4.69) is 5.32 Å². The van der Waals surface area contributed by atoms with E-state index in [0.29, 0.717) is 31.1 Å². The molecule has 0 spiro atoms. The second-order valence-corrected chi connectivity index (χ2v) is 4.03. The fourth-order valence-corrected chi connectivity index (χ4v) is 1.57. The van der Waals surface area contributed by atoms with E-state index < -0.39 is 5.97 Å². The maximum Gasteiger partial charge on any atom is 0.307 e. The molecule has 0 aliphatic rings. The number of hydrogen-bond donors (Lipinski definition) is 2. The van der Waals surface area contributed by atoms with Crippen molar-refractivity contribution in [3.8, 4) is 0 Å². The van der Waals surface area contributed by atoms with E-state index in [1.807, 2.05) is 6.92 Å². The molecule has 0 heterocycles. The van der Waals surface area contributed by atoms with Crippen LogP contribution in [0.25, 0.3) is 0 Å². The second kappa shape index (κ2) is 9.06. The number of carbonyl (C=O) groups is 2. The maximum atomic E-state index is 11.7. The third-order valence-electron chi connectivity index (χ3n) is 2.44. The molecule has 0 aliphatic carbocycles. The third-order valence-corrected chi connectivity index (χ3v) is 2.44. The minimum absolute atomic E-state index is 0.0888. The molecule has 0 unspecified atom stereocenters. The highest BCUT2D eigenvalue weighted by Crippen LogP contribution is 2.15. The van der Waals surface area contributed by atoms with Crippen LogP contribution in [0.1, 0.15) is 12.5 Å². The van der Waals surface area contributed by atoms with Crippen molar-refractivity contribution in [2.75, 3.05) is 31.7 Å². The summed E-state index contributed by atoms with van der Waals surface area (Å²) in [6, 6.07) is 6.79. The Morgan fingerprint density at radius 3 is 2.60 bits per heavy atom. The number of benzene rings is 1. The first-order valence-electron chi connectivity index (χ1n) is 6.38. The summed E-state index contributed by atoms with van der Waals surface area (Å²) >= 11 is 0. The lowest BCUT2D eigenvalue weighted by Gasteiger charge is -2.10. The Bertz CT molecular complexity index is 447. The maximum absolute atomic E-state index is 11.7. The highest BCUT2D eigenvalue weighted by atomic mass is 16.5. The lowest BCUT2D eigenvalue weighted by Crippen LogP contribution is -2.20. The van der Waals surface area contributed by atoms with E-state index in [1.54, 1.807) is 24.3 Å². The smallest absolute Gasteiger partial charge is 0.307 e. The van der Waals surface area contributed by atoms with Crippen LogP contribution >= 0.6 is 0 Å². The van der Waals surface area contributed by atoms with Crippen LogP contribution in [0, 0.1) is 0 Å².